The molecule has 0 saturated carbocycles. The minimum Gasteiger partial charge on any atom is -0.338 e. The molecule has 0 bridgehead atoms. The van der Waals surface area contributed by atoms with E-state index in [0.29, 0.717) is 18.3 Å². The summed E-state index contributed by atoms with van der Waals surface area (Å²) in [5.41, 5.74) is 1.17. The Morgan fingerprint density at radius 2 is 2.38 bits per heavy atom. The molecule has 6 nitrogen and oxygen atoms in total. The van der Waals surface area contributed by atoms with E-state index in [4.69, 9.17) is 4.52 Å². The number of thiophene rings is 1. The Hall–Kier alpha value is -1.99. The van der Waals surface area contributed by atoms with Crippen molar-refractivity contribution in [3.8, 4) is 10.7 Å². The van der Waals surface area contributed by atoms with Gasteiger partial charge in [0.05, 0.1) is 24.2 Å². The molecule has 0 aromatic carbocycles. The van der Waals surface area contributed by atoms with Crippen molar-refractivity contribution in [3.63, 3.8) is 0 Å². The molecule has 3 rings (SSSR count). The summed E-state index contributed by atoms with van der Waals surface area (Å²) in [4.78, 5) is 5.40. The van der Waals surface area contributed by atoms with E-state index in [1.165, 1.54) is 5.56 Å². The molecular weight excluding hydrogens is 286 g/mol. The van der Waals surface area contributed by atoms with Crippen molar-refractivity contribution in [2.24, 2.45) is 0 Å². The SMILES string of the molecule is Cc1cnn(C[C@@H](C)NCc2nc(-c3cccs3)no2)c1. The summed E-state index contributed by atoms with van der Waals surface area (Å²) in [6.07, 6.45) is 3.89. The Kier molecular flexibility index (Phi) is 4.12. The maximum Gasteiger partial charge on any atom is 0.240 e. The smallest absolute Gasteiger partial charge is 0.240 e. The van der Waals surface area contributed by atoms with E-state index >= 15 is 0 Å². The van der Waals surface area contributed by atoms with E-state index in [0.717, 1.165) is 11.4 Å². The fourth-order valence-electron chi connectivity index (χ4n) is 2.01. The second kappa shape index (κ2) is 6.19. The molecule has 7 heteroatoms. The van der Waals surface area contributed by atoms with E-state index in [1.54, 1.807) is 11.3 Å². The Labute approximate surface area is 126 Å². The molecule has 21 heavy (non-hydrogen) atoms. The van der Waals surface area contributed by atoms with Crippen LogP contribution < -0.4 is 5.32 Å². The zero-order chi connectivity index (χ0) is 14.7. The van der Waals surface area contributed by atoms with Gasteiger partial charge >= 0.3 is 0 Å². The zero-order valence-electron chi connectivity index (χ0n) is 12.0. The van der Waals surface area contributed by atoms with Gasteiger partial charge in [0, 0.05) is 12.2 Å². The van der Waals surface area contributed by atoms with Crippen LogP contribution in [0.2, 0.25) is 0 Å². The lowest BCUT2D eigenvalue weighted by atomic mass is 10.3. The summed E-state index contributed by atoms with van der Waals surface area (Å²) in [5.74, 6) is 1.25. The van der Waals surface area contributed by atoms with Crippen LogP contribution >= 0.6 is 11.3 Å². The second-order valence-corrected chi connectivity index (χ2v) is 5.96. The minimum atomic E-state index is 0.265. The van der Waals surface area contributed by atoms with Crippen LogP contribution in [0.5, 0.6) is 0 Å². The third kappa shape index (κ3) is 3.56. The Morgan fingerprint density at radius 3 is 3.10 bits per heavy atom. The van der Waals surface area contributed by atoms with E-state index in [-0.39, 0.29) is 6.04 Å². The number of nitrogens with zero attached hydrogens (tertiary/aromatic N) is 4. The molecule has 1 atom stereocenters. The van der Waals surface area contributed by atoms with Crippen LogP contribution in [0.3, 0.4) is 0 Å². The van der Waals surface area contributed by atoms with Gasteiger partial charge in [0.15, 0.2) is 0 Å². The van der Waals surface area contributed by atoms with Crippen molar-refractivity contribution < 1.29 is 4.52 Å². The summed E-state index contributed by atoms with van der Waals surface area (Å²) in [7, 11) is 0. The van der Waals surface area contributed by atoms with Crippen LogP contribution in [0.1, 0.15) is 18.4 Å². The third-order valence-corrected chi connectivity index (χ3v) is 3.90. The molecule has 0 fully saturated rings. The molecule has 0 radical (unpaired) electrons. The van der Waals surface area contributed by atoms with Gasteiger partial charge in [-0.3, -0.25) is 4.68 Å². The van der Waals surface area contributed by atoms with Crippen LogP contribution in [0.25, 0.3) is 10.7 Å². The fraction of sp³-hybridized carbons (Fsp3) is 0.357. The number of aryl methyl sites for hydroxylation is 1. The Balaban J connectivity index is 1.53. The lowest BCUT2D eigenvalue weighted by Gasteiger charge is -2.11. The summed E-state index contributed by atoms with van der Waals surface area (Å²) in [5, 5.41) is 13.6. The van der Waals surface area contributed by atoms with Gasteiger partial charge in [-0.25, -0.2) is 0 Å². The zero-order valence-corrected chi connectivity index (χ0v) is 12.8. The largest absolute Gasteiger partial charge is 0.338 e. The topological polar surface area (TPSA) is 68.8 Å². The summed E-state index contributed by atoms with van der Waals surface area (Å²) >= 11 is 1.60. The van der Waals surface area contributed by atoms with Crippen LogP contribution in [0, 0.1) is 6.92 Å². The van der Waals surface area contributed by atoms with Crippen molar-refractivity contribution in [2.75, 3.05) is 0 Å². The molecule has 1 N–H and O–H groups in total. The first kappa shape index (κ1) is 14.0. The van der Waals surface area contributed by atoms with Gasteiger partial charge in [-0.2, -0.15) is 10.1 Å². The predicted octanol–water partition coefficient (Wildman–Crippen LogP) is 2.48. The molecular formula is C14H17N5OS. The summed E-state index contributed by atoms with van der Waals surface area (Å²) < 4.78 is 7.18. The van der Waals surface area contributed by atoms with Gasteiger partial charge in [0.2, 0.25) is 11.7 Å². The molecule has 0 aliphatic carbocycles. The Morgan fingerprint density at radius 1 is 1.48 bits per heavy atom. The number of aromatic nitrogens is 4. The summed E-state index contributed by atoms with van der Waals surface area (Å²) in [6, 6.07) is 4.22. The number of hydrogen-bond acceptors (Lipinski definition) is 6. The second-order valence-electron chi connectivity index (χ2n) is 5.01. The third-order valence-electron chi connectivity index (χ3n) is 3.03. The number of rotatable bonds is 6. The fourth-order valence-corrected chi connectivity index (χ4v) is 2.66. The number of hydrogen-bond donors (Lipinski definition) is 1. The molecule has 3 heterocycles. The monoisotopic (exact) mass is 303 g/mol. The quantitative estimate of drug-likeness (QED) is 0.757. The van der Waals surface area contributed by atoms with Gasteiger partial charge in [0.1, 0.15) is 0 Å². The van der Waals surface area contributed by atoms with Gasteiger partial charge in [-0.1, -0.05) is 11.2 Å². The van der Waals surface area contributed by atoms with Gasteiger partial charge < -0.3 is 9.84 Å². The highest BCUT2D eigenvalue weighted by Crippen LogP contribution is 2.21. The highest BCUT2D eigenvalue weighted by molar-refractivity contribution is 7.13. The molecule has 0 amide bonds. The van der Waals surface area contributed by atoms with Gasteiger partial charge in [-0.05, 0) is 30.9 Å². The summed E-state index contributed by atoms with van der Waals surface area (Å²) in [6.45, 7) is 5.50. The van der Waals surface area contributed by atoms with Gasteiger partial charge in [0.25, 0.3) is 0 Å². The molecule has 3 aromatic rings. The van der Waals surface area contributed by atoms with Crippen molar-refractivity contribution in [1.29, 1.82) is 0 Å². The average Bonchev–Trinajstić information content (AvgIpc) is 3.17. The molecule has 0 aliphatic rings. The maximum absolute atomic E-state index is 5.25. The van der Waals surface area contributed by atoms with Crippen LogP contribution in [-0.4, -0.2) is 26.0 Å². The molecule has 0 spiro atoms. The molecule has 0 unspecified atom stereocenters. The lowest BCUT2D eigenvalue weighted by molar-refractivity contribution is 0.350. The first-order valence-corrected chi connectivity index (χ1v) is 7.67. The molecule has 110 valence electrons. The number of nitrogens with one attached hydrogen (secondary N) is 1. The van der Waals surface area contributed by atoms with Crippen molar-refractivity contribution in [3.05, 3.63) is 41.4 Å². The normalized spacial score (nSPS) is 12.7. The van der Waals surface area contributed by atoms with E-state index < -0.39 is 0 Å². The molecule has 0 saturated heterocycles. The van der Waals surface area contributed by atoms with Crippen molar-refractivity contribution in [1.82, 2.24) is 25.2 Å². The highest BCUT2D eigenvalue weighted by atomic mass is 32.1. The standard InChI is InChI=1S/C14H17N5OS/c1-10-6-16-19(8-10)9-11(2)15-7-13-17-14(18-20-13)12-4-3-5-21-12/h3-6,8,11,15H,7,9H2,1-2H3/t11-/m1/s1. The minimum absolute atomic E-state index is 0.265. The van der Waals surface area contributed by atoms with Crippen LogP contribution in [0.15, 0.2) is 34.4 Å². The maximum atomic E-state index is 5.25. The Bertz CT molecular complexity index is 688. The average molecular weight is 303 g/mol. The highest BCUT2D eigenvalue weighted by Gasteiger charge is 2.10. The van der Waals surface area contributed by atoms with Crippen LogP contribution in [-0.2, 0) is 13.1 Å². The first-order valence-electron chi connectivity index (χ1n) is 6.79. The first-order chi connectivity index (χ1) is 10.2. The van der Waals surface area contributed by atoms with E-state index in [9.17, 15) is 0 Å². The lowest BCUT2D eigenvalue weighted by Crippen LogP contribution is -2.30. The van der Waals surface area contributed by atoms with Crippen molar-refractivity contribution >= 4 is 11.3 Å². The van der Waals surface area contributed by atoms with Crippen LogP contribution in [0.4, 0.5) is 0 Å². The molecule has 0 aliphatic heterocycles. The van der Waals surface area contributed by atoms with E-state index in [2.05, 4.69) is 27.5 Å². The van der Waals surface area contributed by atoms with Gasteiger partial charge in [-0.15, -0.1) is 11.3 Å². The van der Waals surface area contributed by atoms with E-state index in [1.807, 2.05) is 41.5 Å². The van der Waals surface area contributed by atoms with Crippen molar-refractivity contribution in [2.45, 2.75) is 33.0 Å². The predicted molar refractivity (Wildman–Crippen MR) is 80.9 cm³/mol. The molecule has 3 aromatic heterocycles.